The summed E-state index contributed by atoms with van der Waals surface area (Å²) in [7, 11) is -3.65. The average molecular weight is 323 g/mol. The van der Waals surface area contributed by atoms with E-state index in [4.69, 9.17) is 4.52 Å². The third kappa shape index (κ3) is 2.69. The Hall–Kier alpha value is -1.77. The second kappa shape index (κ2) is 5.21. The molecule has 3 aromatic rings. The van der Waals surface area contributed by atoms with Crippen molar-refractivity contribution in [2.75, 3.05) is 0 Å². The zero-order valence-corrected chi connectivity index (χ0v) is 13.1. The molecule has 1 aromatic carbocycles. The van der Waals surface area contributed by atoms with E-state index in [-0.39, 0.29) is 17.2 Å². The molecule has 0 unspecified atom stereocenters. The summed E-state index contributed by atoms with van der Waals surface area (Å²) < 4.78 is 33.0. The predicted octanol–water partition coefficient (Wildman–Crippen LogP) is 2.38. The number of sulfonamides is 1. The molecule has 0 bridgehead atoms. The first-order valence-electron chi connectivity index (χ1n) is 6.24. The number of aromatic nitrogens is 2. The van der Waals surface area contributed by atoms with Crippen LogP contribution in [0, 0.1) is 13.8 Å². The molecule has 0 amide bonds. The number of nitrogens with one attached hydrogen (secondary N) is 1. The number of hydrogen-bond donors (Lipinski definition) is 1. The van der Waals surface area contributed by atoms with Crippen LogP contribution in [0.15, 0.2) is 33.7 Å². The molecule has 0 fully saturated rings. The van der Waals surface area contributed by atoms with Crippen molar-refractivity contribution >= 4 is 31.6 Å². The molecule has 0 saturated carbocycles. The van der Waals surface area contributed by atoms with Crippen molar-refractivity contribution in [2.45, 2.75) is 25.3 Å². The maximum atomic E-state index is 12.3. The fourth-order valence-electron chi connectivity index (χ4n) is 2.08. The normalized spacial score (nSPS) is 12.1. The van der Waals surface area contributed by atoms with Gasteiger partial charge in [0.1, 0.15) is 15.6 Å². The topological polar surface area (TPSA) is 85.1 Å². The van der Waals surface area contributed by atoms with Gasteiger partial charge in [-0.1, -0.05) is 17.3 Å². The lowest BCUT2D eigenvalue weighted by Gasteiger charge is -2.03. The molecule has 0 saturated heterocycles. The van der Waals surface area contributed by atoms with Crippen LogP contribution in [0.4, 0.5) is 0 Å². The van der Waals surface area contributed by atoms with Gasteiger partial charge in [0, 0.05) is 0 Å². The van der Waals surface area contributed by atoms with Crippen LogP contribution in [0.1, 0.15) is 16.5 Å². The molecule has 0 aliphatic carbocycles. The van der Waals surface area contributed by atoms with E-state index < -0.39 is 10.0 Å². The largest absolute Gasteiger partial charge is 0.360 e. The molecule has 2 aromatic heterocycles. The number of aryl methyl sites for hydroxylation is 2. The van der Waals surface area contributed by atoms with Gasteiger partial charge in [0.25, 0.3) is 0 Å². The molecule has 3 rings (SSSR count). The molecule has 2 heterocycles. The summed E-state index contributed by atoms with van der Waals surface area (Å²) in [6.45, 7) is 3.32. The summed E-state index contributed by atoms with van der Waals surface area (Å²) in [5.41, 5.74) is 1.22. The molecular weight excluding hydrogens is 310 g/mol. The zero-order chi connectivity index (χ0) is 15.0. The lowest BCUT2D eigenvalue weighted by Crippen LogP contribution is -2.24. The predicted molar refractivity (Wildman–Crippen MR) is 79.6 cm³/mol. The van der Waals surface area contributed by atoms with Crippen molar-refractivity contribution in [3.8, 4) is 0 Å². The van der Waals surface area contributed by atoms with Gasteiger partial charge < -0.3 is 4.52 Å². The lowest BCUT2D eigenvalue weighted by atomic mass is 10.3. The van der Waals surface area contributed by atoms with Gasteiger partial charge in [-0.3, -0.25) is 0 Å². The third-order valence-electron chi connectivity index (χ3n) is 2.99. The van der Waals surface area contributed by atoms with Crippen molar-refractivity contribution < 1.29 is 12.9 Å². The van der Waals surface area contributed by atoms with Crippen LogP contribution in [-0.4, -0.2) is 18.6 Å². The Labute approximate surface area is 125 Å². The van der Waals surface area contributed by atoms with E-state index in [9.17, 15) is 8.42 Å². The highest BCUT2D eigenvalue weighted by Crippen LogP contribution is 2.23. The highest BCUT2D eigenvalue weighted by molar-refractivity contribution is 7.89. The fourth-order valence-corrected chi connectivity index (χ4v) is 4.39. The van der Waals surface area contributed by atoms with E-state index in [1.807, 2.05) is 24.3 Å². The van der Waals surface area contributed by atoms with Crippen LogP contribution in [-0.2, 0) is 16.6 Å². The minimum Gasteiger partial charge on any atom is -0.360 e. The fraction of sp³-hybridized carbons (Fsp3) is 0.231. The molecule has 110 valence electrons. The summed E-state index contributed by atoms with van der Waals surface area (Å²) in [6, 6.07) is 7.69. The molecule has 0 aliphatic rings. The highest BCUT2D eigenvalue weighted by atomic mass is 32.2. The first-order valence-corrected chi connectivity index (χ1v) is 8.54. The van der Waals surface area contributed by atoms with Crippen LogP contribution >= 0.6 is 11.3 Å². The molecule has 0 radical (unpaired) electrons. The summed E-state index contributed by atoms with van der Waals surface area (Å²) in [5.74, 6) is 0.282. The molecule has 21 heavy (non-hydrogen) atoms. The maximum Gasteiger partial charge on any atom is 0.246 e. The van der Waals surface area contributed by atoms with Gasteiger partial charge in [0.05, 0.1) is 16.8 Å². The Balaban J connectivity index is 1.84. The van der Waals surface area contributed by atoms with Gasteiger partial charge in [-0.2, -0.15) is 0 Å². The zero-order valence-electron chi connectivity index (χ0n) is 11.5. The molecule has 1 N–H and O–H groups in total. The van der Waals surface area contributed by atoms with Crippen molar-refractivity contribution in [3.05, 3.63) is 40.7 Å². The molecule has 0 spiro atoms. The minimum absolute atomic E-state index is 0.101. The number of rotatable bonds is 4. The first kappa shape index (κ1) is 14.2. The Morgan fingerprint density at radius 2 is 2.05 bits per heavy atom. The van der Waals surface area contributed by atoms with E-state index in [0.717, 1.165) is 10.2 Å². The van der Waals surface area contributed by atoms with Gasteiger partial charge in [0.15, 0.2) is 5.76 Å². The number of para-hydroxylation sites is 1. The van der Waals surface area contributed by atoms with Crippen LogP contribution in [0.5, 0.6) is 0 Å². The quantitative estimate of drug-likeness (QED) is 0.797. The SMILES string of the molecule is Cc1noc(C)c1S(=O)(=O)NCc1nc2ccccc2s1. The highest BCUT2D eigenvalue weighted by Gasteiger charge is 2.24. The van der Waals surface area contributed by atoms with Crippen LogP contribution in [0.25, 0.3) is 10.2 Å². The standard InChI is InChI=1S/C13H13N3O3S2/c1-8-13(9(2)19-16-8)21(17,18)14-7-12-15-10-5-3-4-6-11(10)20-12/h3-6,14H,7H2,1-2H3. The minimum atomic E-state index is -3.65. The van der Waals surface area contributed by atoms with Gasteiger partial charge in [-0.05, 0) is 26.0 Å². The summed E-state index contributed by atoms with van der Waals surface area (Å²) in [5, 5.41) is 4.38. The van der Waals surface area contributed by atoms with Gasteiger partial charge in [-0.15, -0.1) is 11.3 Å². The van der Waals surface area contributed by atoms with Gasteiger partial charge in [0.2, 0.25) is 10.0 Å². The lowest BCUT2D eigenvalue weighted by molar-refractivity contribution is 0.390. The number of thiazole rings is 1. The van der Waals surface area contributed by atoms with E-state index in [1.54, 1.807) is 13.8 Å². The summed E-state index contributed by atoms with van der Waals surface area (Å²) in [4.78, 5) is 4.50. The maximum absolute atomic E-state index is 12.3. The molecule has 8 heteroatoms. The number of hydrogen-bond acceptors (Lipinski definition) is 6. The summed E-state index contributed by atoms with van der Waals surface area (Å²) in [6.07, 6.45) is 0. The number of benzene rings is 1. The van der Waals surface area contributed by atoms with E-state index in [1.165, 1.54) is 11.3 Å². The third-order valence-corrected chi connectivity index (χ3v) is 5.67. The van der Waals surface area contributed by atoms with Crippen molar-refractivity contribution in [2.24, 2.45) is 0 Å². The van der Waals surface area contributed by atoms with Gasteiger partial charge in [-0.25, -0.2) is 18.1 Å². The second-order valence-electron chi connectivity index (χ2n) is 4.55. The van der Waals surface area contributed by atoms with Crippen molar-refractivity contribution in [1.82, 2.24) is 14.9 Å². The Morgan fingerprint density at radius 3 is 2.71 bits per heavy atom. The summed E-state index contributed by atoms with van der Waals surface area (Å²) >= 11 is 1.47. The Bertz CT molecular complexity index is 844. The van der Waals surface area contributed by atoms with E-state index in [2.05, 4.69) is 14.9 Å². The van der Waals surface area contributed by atoms with Gasteiger partial charge >= 0.3 is 0 Å². The molecule has 0 atom stereocenters. The van der Waals surface area contributed by atoms with Crippen LogP contribution < -0.4 is 4.72 Å². The second-order valence-corrected chi connectivity index (χ2v) is 7.37. The first-order chi connectivity index (χ1) is 9.97. The van der Waals surface area contributed by atoms with E-state index in [0.29, 0.717) is 10.7 Å². The van der Waals surface area contributed by atoms with E-state index >= 15 is 0 Å². The van der Waals surface area contributed by atoms with Crippen LogP contribution in [0.2, 0.25) is 0 Å². The van der Waals surface area contributed by atoms with Crippen molar-refractivity contribution in [1.29, 1.82) is 0 Å². The molecule has 0 aliphatic heterocycles. The Morgan fingerprint density at radius 1 is 1.29 bits per heavy atom. The van der Waals surface area contributed by atoms with Crippen molar-refractivity contribution in [3.63, 3.8) is 0 Å². The molecular formula is C13H13N3O3S2. The number of fused-ring (bicyclic) bond motifs is 1. The monoisotopic (exact) mass is 323 g/mol. The number of nitrogens with zero attached hydrogens (tertiary/aromatic N) is 2. The Kier molecular flexibility index (Phi) is 3.52. The van der Waals surface area contributed by atoms with Crippen LogP contribution in [0.3, 0.4) is 0 Å². The smallest absolute Gasteiger partial charge is 0.246 e. The average Bonchev–Trinajstić information content (AvgIpc) is 3.00. The molecule has 6 nitrogen and oxygen atoms in total.